The number of ether oxygens (including phenoxy) is 1. The van der Waals surface area contributed by atoms with Crippen LogP contribution in [0.15, 0.2) is 0 Å². The van der Waals surface area contributed by atoms with E-state index in [0.717, 1.165) is 39.0 Å². The average Bonchev–Trinajstić information content (AvgIpc) is 2.29. The van der Waals surface area contributed by atoms with Crippen LogP contribution in [-0.2, 0) is 9.53 Å². The first-order valence-corrected chi connectivity index (χ1v) is 6.51. The van der Waals surface area contributed by atoms with Gasteiger partial charge in [0.05, 0.1) is 0 Å². The fourth-order valence-corrected chi connectivity index (χ4v) is 2.38. The van der Waals surface area contributed by atoms with Crippen LogP contribution in [0.1, 0.15) is 33.1 Å². The van der Waals surface area contributed by atoms with Gasteiger partial charge in [0.1, 0.15) is 0 Å². The molecule has 0 aromatic rings. The predicted octanol–water partition coefficient (Wildman–Crippen LogP) is 1.25. The molecule has 4 nitrogen and oxygen atoms in total. The number of rotatable bonds is 5. The first-order valence-electron chi connectivity index (χ1n) is 6.51. The van der Waals surface area contributed by atoms with Gasteiger partial charge in [0.25, 0.3) is 0 Å². The fraction of sp³-hybridized carbons (Fsp3) is 0.923. The summed E-state index contributed by atoms with van der Waals surface area (Å²) in [6.45, 7) is 7.02. The van der Waals surface area contributed by atoms with Gasteiger partial charge in [0, 0.05) is 32.2 Å². The molecule has 1 fully saturated rings. The number of carbonyl (C=O) groups excluding carboxylic acids is 1. The molecule has 0 atom stereocenters. The molecular formula is C13H26N2O2. The Morgan fingerprint density at radius 3 is 2.53 bits per heavy atom. The first kappa shape index (κ1) is 14.5. The van der Waals surface area contributed by atoms with Gasteiger partial charge in [-0.05, 0) is 31.7 Å². The van der Waals surface area contributed by atoms with Crippen molar-refractivity contribution in [3.63, 3.8) is 0 Å². The summed E-state index contributed by atoms with van der Waals surface area (Å²) in [5.41, 5.74) is 5.21. The highest BCUT2D eigenvalue weighted by Crippen LogP contribution is 2.24. The molecule has 1 aliphatic rings. The number of carbonyl (C=O) groups is 1. The Kier molecular flexibility index (Phi) is 5.40. The minimum Gasteiger partial charge on any atom is -0.381 e. The van der Waals surface area contributed by atoms with Crippen molar-refractivity contribution in [2.45, 2.75) is 33.1 Å². The van der Waals surface area contributed by atoms with Gasteiger partial charge in [0.2, 0.25) is 5.91 Å². The summed E-state index contributed by atoms with van der Waals surface area (Å²) in [7, 11) is 1.90. The molecule has 0 unspecified atom stereocenters. The summed E-state index contributed by atoms with van der Waals surface area (Å²) in [5.74, 6) is 0.792. The van der Waals surface area contributed by atoms with Gasteiger partial charge < -0.3 is 15.4 Å². The Hall–Kier alpha value is -0.610. The third-order valence-electron chi connectivity index (χ3n) is 3.57. The van der Waals surface area contributed by atoms with Crippen LogP contribution in [-0.4, -0.2) is 44.2 Å². The number of hydrogen-bond donors (Lipinski definition) is 1. The van der Waals surface area contributed by atoms with Crippen molar-refractivity contribution in [2.24, 2.45) is 17.1 Å². The third kappa shape index (κ3) is 4.28. The van der Waals surface area contributed by atoms with E-state index in [9.17, 15) is 4.79 Å². The van der Waals surface area contributed by atoms with Crippen LogP contribution < -0.4 is 5.73 Å². The lowest BCUT2D eigenvalue weighted by Crippen LogP contribution is -2.42. The summed E-state index contributed by atoms with van der Waals surface area (Å²) < 4.78 is 5.33. The van der Waals surface area contributed by atoms with Crippen molar-refractivity contribution in [1.82, 2.24) is 4.90 Å². The zero-order chi connectivity index (χ0) is 12.9. The lowest BCUT2D eigenvalue weighted by Gasteiger charge is -2.32. The zero-order valence-electron chi connectivity index (χ0n) is 11.4. The van der Waals surface area contributed by atoms with Crippen LogP contribution >= 0.6 is 0 Å². The number of amides is 1. The monoisotopic (exact) mass is 242 g/mol. The standard InChI is InChI=1S/C13H26N2O2/c1-13(2,6-7-14)12(16)15(3)10-11-4-8-17-9-5-11/h11H,4-10,14H2,1-3H3. The molecule has 1 aliphatic heterocycles. The van der Waals surface area contributed by atoms with Gasteiger partial charge >= 0.3 is 0 Å². The van der Waals surface area contributed by atoms with Crippen molar-refractivity contribution in [3.8, 4) is 0 Å². The van der Waals surface area contributed by atoms with E-state index in [-0.39, 0.29) is 11.3 Å². The molecule has 0 aromatic carbocycles. The maximum absolute atomic E-state index is 12.3. The van der Waals surface area contributed by atoms with Gasteiger partial charge in [-0.3, -0.25) is 4.79 Å². The molecule has 1 amide bonds. The summed E-state index contributed by atoms with van der Waals surface area (Å²) in [6, 6.07) is 0. The lowest BCUT2D eigenvalue weighted by molar-refractivity contribution is -0.140. The Morgan fingerprint density at radius 1 is 1.41 bits per heavy atom. The molecule has 1 rings (SSSR count). The Morgan fingerprint density at radius 2 is 2.00 bits per heavy atom. The molecule has 0 aromatic heterocycles. The molecule has 0 radical (unpaired) electrons. The summed E-state index contributed by atoms with van der Waals surface area (Å²) >= 11 is 0. The van der Waals surface area contributed by atoms with Crippen LogP contribution in [0.3, 0.4) is 0 Å². The highest BCUT2D eigenvalue weighted by atomic mass is 16.5. The topological polar surface area (TPSA) is 55.6 Å². The highest BCUT2D eigenvalue weighted by molar-refractivity contribution is 5.81. The fourth-order valence-electron chi connectivity index (χ4n) is 2.38. The first-order chi connectivity index (χ1) is 7.97. The summed E-state index contributed by atoms with van der Waals surface area (Å²) in [5, 5.41) is 0. The van der Waals surface area contributed by atoms with Crippen molar-refractivity contribution in [2.75, 3.05) is 33.4 Å². The smallest absolute Gasteiger partial charge is 0.228 e. The van der Waals surface area contributed by atoms with Crippen molar-refractivity contribution < 1.29 is 9.53 Å². The Labute approximate surface area is 104 Å². The molecule has 0 spiro atoms. The minimum atomic E-state index is -0.339. The van der Waals surface area contributed by atoms with Gasteiger partial charge in [0.15, 0.2) is 0 Å². The van der Waals surface area contributed by atoms with E-state index in [1.165, 1.54) is 0 Å². The van der Waals surface area contributed by atoms with E-state index in [0.29, 0.717) is 12.5 Å². The van der Waals surface area contributed by atoms with Crippen LogP contribution in [0.2, 0.25) is 0 Å². The van der Waals surface area contributed by atoms with E-state index < -0.39 is 0 Å². The third-order valence-corrected chi connectivity index (χ3v) is 3.57. The number of hydrogen-bond acceptors (Lipinski definition) is 3. The minimum absolute atomic E-state index is 0.203. The summed E-state index contributed by atoms with van der Waals surface area (Å²) in [4.78, 5) is 14.1. The number of nitrogens with two attached hydrogens (primary N) is 1. The second-order valence-electron chi connectivity index (χ2n) is 5.66. The zero-order valence-corrected chi connectivity index (χ0v) is 11.4. The second kappa shape index (κ2) is 6.36. The van der Waals surface area contributed by atoms with Gasteiger partial charge in [-0.15, -0.1) is 0 Å². The average molecular weight is 242 g/mol. The second-order valence-corrected chi connectivity index (χ2v) is 5.66. The Bertz CT molecular complexity index is 248. The van der Waals surface area contributed by atoms with Gasteiger partial charge in [-0.1, -0.05) is 13.8 Å². The highest BCUT2D eigenvalue weighted by Gasteiger charge is 2.30. The van der Waals surface area contributed by atoms with Crippen LogP contribution in [0.4, 0.5) is 0 Å². The summed E-state index contributed by atoms with van der Waals surface area (Å²) in [6.07, 6.45) is 2.87. The molecule has 17 heavy (non-hydrogen) atoms. The molecule has 2 N–H and O–H groups in total. The number of nitrogens with zero attached hydrogens (tertiary/aromatic N) is 1. The largest absolute Gasteiger partial charge is 0.381 e. The normalized spacial score (nSPS) is 18.1. The van der Waals surface area contributed by atoms with E-state index in [1.807, 2.05) is 25.8 Å². The van der Waals surface area contributed by atoms with Crippen LogP contribution in [0.25, 0.3) is 0 Å². The van der Waals surface area contributed by atoms with Crippen LogP contribution in [0, 0.1) is 11.3 Å². The molecule has 0 saturated carbocycles. The molecule has 0 aliphatic carbocycles. The molecule has 1 saturated heterocycles. The van der Waals surface area contributed by atoms with Gasteiger partial charge in [-0.2, -0.15) is 0 Å². The lowest BCUT2D eigenvalue weighted by atomic mass is 9.87. The SMILES string of the molecule is CN(CC1CCOCC1)C(=O)C(C)(C)CCN. The van der Waals surface area contributed by atoms with Crippen LogP contribution in [0.5, 0.6) is 0 Å². The molecular weight excluding hydrogens is 216 g/mol. The van der Waals surface area contributed by atoms with E-state index in [1.54, 1.807) is 0 Å². The molecule has 4 heteroatoms. The van der Waals surface area contributed by atoms with E-state index in [2.05, 4.69) is 0 Å². The molecule has 1 heterocycles. The maximum atomic E-state index is 12.3. The molecule has 0 bridgehead atoms. The molecule has 100 valence electrons. The Balaban J connectivity index is 2.45. The maximum Gasteiger partial charge on any atom is 0.228 e. The van der Waals surface area contributed by atoms with Crippen molar-refractivity contribution >= 4 is 5.91 Å². The predicted molar refractivity (Wildman–Crippen MR) is 68.6 cm³/mol. The van der Waals surface area contributed by atoms with Gasteiger partial charge in [-0.25, -0.2) is 0 Å². The van der Waals surface area contributed by atoms with E-state index in [4.69, 9.17) is 10.5 Å². The quantitative estimate of drug-likeness (QED) is 0.789. The van der Waals surface area contributed by atoms with E-state index >= 15 is 0 Å². The van der Waals surface area contributed by atoms with Crippen molar-refractivity contribution in [1.29, 1.82) is 0 Å². The van der Waals surface area contributed by atoms with Crippen molar-refractivity contribution in [3.05, 3.63) is 0 Å².